The van der Waals surface area contributed by atoms with E-state index in [1.807, 2.05) is 0 Å². The Kier molecular flexibility index (Phi) is 4.73. The first-order chi connectivity index (χ1) is 15.4. The highest BCUT2D eigenvalue weighted by Crippen LogP contribution is 2.39. The standard InChI is InChI=1S/C23H16F3N3O3/c24-23(25,26)17-4-2-1-3-15(17)22-16-11-14(6-7-18(16)28-29-22)27-21(30)10-13-5-8-19-20(9-13)32-12-31-19/h1-9,11H,10,12H2,(H,27,30)(H,28,29). The topological polar surface area (TPSA) is 76.2 Å². The van der Waals surface area contributed by atoms with Gasteiger partial charge in [-0.05, 0) is 42.0 Å². The molecule has 6 nitrogen and oxygen atoms in total. The first-order valence-electron chi connectivity index (χ1n) is 9.71. The van der Waals surface area contributed by atoms with Gasteiger partial charge in [0.05, 0.1) is 17.5 Å². The summed E-state index contributed by atoms with van der Waals surface area (Å²) in [4.78, 5) is 12.5. The quantitative estimate of drug-likeness (QED) is 0.461. The lowest BCUT2D eigenvalue weighted by atomic mass is 10.0. The van der Waals surface area contributed by atoms with Gasteiger partial charge in [-0.1, -0.05) is 24.3 Å². The number of alkyl halides is 3. The van der Waals surface area contributed by atoms with Gasteiger partial charge in [0.1, 0.15) is 5.69 Å². The van der Waals surface area contributed by atoms with Crippen molar-refractivity contribution < 1.29 is 27.4 Å². The number of carbonyl (C=O) groups excluding carboxylic acids is 1. The maximum Gasteiger partial charge on any atom is 0.417 e. The molecule has 4 aromatic rings. The Bertz CT molecular complexity index is 1330. The lowest BCUT2D eigenvalue weighted by Crippen LogP contribution is -2.14. The maximum absolute atomic E-state index is 13.5. The van der Waals surface area contributed by atoms with Crippen LogP contribution in [0.1, 0.15) is 11.1 Å². The third kappa shape index (κ3) is 3.73. The van der Waals surface area contributed by atoms with Crippen molar-refractivity contribution in [3.63, 3.8) is 0 Å². The fraction of sp³-hybridized carbons (Fsp3) is 0.130. The van der Waals surface area contributed by atoms with Crippen molar-refractivity contribution in [2.75, 3.05) is 12.1 Å². The minimum absolute atomic E-state index is 0.0323. The van der Waals surface area contributed by atoms with Gasteiger partial charge in [0.15, 0.2) is 11.5 Å². The van der Waals surface area contributed by atoms with Crippen LogP contribution >= 0.6 is 0 Å². The van der Waals surface area contributed by atoms with E-state index >= 15 is 0 Å². The molecule has 32 heavy (non-hydrogen) atoms. The van der Waals surface area contributed by atoms with Crippen molar-refractivity contribution in [1.82, 2.24) is 10.2 Å². The molecule has 0 radical (unpaired) electrons. The molecule has 0 spiro atoms. The molecule has 1 amide bonds. The molecule has 2 N–H and O–H groups in total. The lowest BCUT2D eigenvalue weighted by Gasteiger charge is -2.11. The number of benzene rings is 3. The second kappa shape index (κ2) is 7.60. The van der Waals surface area contributed by atoms with E-state index in [0.29, 0.717) is 28.1 Å². The van der Waals surface area contributed by atoms with Crippen LogP contribution in [0.25, 0.3) is 22.2 Å². The zero-order valence-electron chi connectivity index (χ0n) is 16.5. The number of nitrogens with zero attached hydrogens (tertiary/aromatic N) is 1. The van der Waals surface area contributed by atoms with Gasteiger partial charge in [0, 0.05) is 16.6 Å². The third-order valence-electron chi connectivity index (χ3n) is 5.14. The van der Waals surface area contributed by atoms with Gasteiger partial charge in [-0.2, -0.15) is 18.3 Å². The molecule has 9 heteroatoms. The molecule has 1 aliphatic heterocycles. The normalized spacial score (nSPS) is 12.8. The van der Waals surface area contributed by atoms with Crippen molar-refractivity contribution in [2.45, 2.75) is 12.6 Å². The SMILES string of the molecule is O=C(Cc1ccc2c(c1)OCO2)Nc1ccc2[nH]nc(-c3ccccc3C(F)(F)F)c2c1. The maximum atomic E-state index is 13.5. The van der Waals surface area contributed by atoms with Gasteiger partial charge in [0.25, 0.3) is 0 Å². The number of ether oxygens (including phenoxy) is 2. The van der Waals surface area contributed by atoms with Crippen molar-refractivity contribution in [3.05, 3.63) is 71.8 Å². The largest absolute Gasteiger partial charge is 0.454 e. The molecule has 0 aliphatic carbocycles. The summed E-state index contributed by atoms with van der Waals surface area (Å²) in [6, 6.07) is 15.5. The molecule has 5 rings (SSSR count). The number of halogens is 3. The third-order valence-corrected chi connectivity index (χ3v) is 5.14. The van der Waals surface area contributed by atoms with Crippen LogP contribution in [0, 0.1) is 0 Å². The number of aromatic amines is 1. The Morgan fingerprint density at radius 1 is 1.03 bits per heavy atom. The monoisotopic (exact) mass is 439 g/mol. The van der Waals surface area contributed by atoms with Crippen LogP contribution in [-0.2, 0) is 17.4 Å². The van der Waals surface area contributed by atoms with E-state index in [9.17, 15) is 18.0 Å². The van der Waals surface area contributed by atoms with Gasteiger partial charge < -0.3 is 14.8 Å². The molecular formula is C23H16F3N3O3. The predicted molar refractivity (Wildman–Crippen MR) is 111 cm³/mol. The minimum Gasteiger partial charge on any atom is -0.454 e. The summed E-state index contributed by atoms with van der Waals surface area (Å²) in [5, 5.41) is 10.1. The van der Waals surface area contributed by atoms with Crippen LogP contribution in [-0.4, -0.2) is 22.9 Å². The van der Waals surface area contributed by atoms with Gasteiger partial charge >= 0.3 is 6.18 Å². The zero-order chi connectivity index (χ0) is 22.3. The molecular weight excluding hydrogens is 423 g/mol. The summed E-state index contributed by atoms with van der Waals surface area (Å²) in [5.74, 6) is 0.943. The van der Waals surface area contributed by atoms with Crippen molar-refractivity contribution in [2.24, 2.45) is 0 Å². The number of nitrogens with one attached hydrogen (secondary N) is 2. The lowest BCUT2D eigenvalue weighted by molar-refractivity contribution is -0.137. The van der Waals surface area contributed by atoms with E-state index < -0.39 is 11.7 Å². The second-order valence-corrected chi connectivity index (χ2v) is 7.29. The van der Waals surface area contributed by atoms with Crippen LogP contribution in [0.2, 0.25) is 0 Å². The first kappa shape index (κ1) is 19.9. The van der Waals surface area contributed by atoms with Gasteiger partial charge in [0.2, 0.25) is 12.7 Å². The van der Waals surface area contributed by atoms with Crippen LogP contribution in [0.5, 0.6) is 11.5 Å². The Hall–Kier alpha value is -4.01. The molecule has 1 aliphatic rings. The number of H-pyrrole nitrogens is 1. The molecule has 3 aromatic carbocycles. The fourth-order valence-electron chi connectivity index (χ4n) is 3.68. The summed E-state index contributed by atoms with van der Waals surface area (Å²) < 4.78 is 51.0. The minimum atomic E-state index is -4.52. The van der Waals surface area contributed by atoms with Gasteiger partial charge in [-0.15, -0.1) is 0 Å². The summed E-state index contributed by atoms with van der Waals surface area (Å²) in [6.07, 6.45) is -4.41. The molecule has 162 valence electrons. The molecule has 2 heterocycles. The molecule has 1 aromatic heterocycles. The smallest absolute Gasteiger partial charge is 0.417 e. The van der Waals surface area contributed by atoms with Crippen molar-refractivity contribution >= 4 is 22.5 Å². The number of anilines is 1. The molecule has 0 bridgehead atoms. The van der Waals surface area contributed by atoms with Crippen LogP contribution in [0.3, 0.4) is 0 Å². The van der Waals surface area contributed by atoms with E-state index in [0.717, 1.165) is 11.6 Å². The highest BCUT2D eigenvalue weighted by Gasteiger charge is 2.34. The zero-order valence-corrected chi connectivity index (χ0v) is 16.5. The van der Waals surface area contributed by atoms with E-state index in [4.69, 9.17) is 9.47 Å². The average molecular weight is 439 g/mol. The summed E-state index contributed by atoms with van der Waals surface area (Å²) >= 11 is 0. The highest BCUT2D eigenvalue weighted by atomic mass is 19.4. The van der Waals surface area contributed by atoms with Crippen molar-refractivity contribution in [1.29, 1.82) is 0 Å². The molecule has 0 atom stereocenters. The van der Waals surface area contributed by atoms with Crippen LogP contribution < -0.4 is 14.8 Å². The van der Waals surface area contributed by atoms with Crippen LogP contribution in [0.15, 0.2) is 60.7 Å². The molecule has 0 saturated carbocycles. The second-order valence-electron chi connectivity index (χ2n) is 7.29. The first-order valence-corrected chi connectivity index (χ1v) is 9.71. The number of hydrogen-bond donors (Lipinski definition) is 2. The number of rotatable bonds is 4. The van der Waals surface area contributed by atoms with E-state index in [-0.39, 0.29) is 30.4 Å². The number of aromatic nitrogens is 2. The van der Waals surface area contributed by atoms with E-state index in [2.05, 4.69) is 15.5 Å². The average Bonchev–Trinajstić information content (AvgIpc) is 3.39. The molecule has 0 saturated heterocycles. The Labute approximate surface area is 180 Å². The number of hydrogen-bond acceptors (Lipinski definition) is 4. The Morgan fingerprint density at radius 2 is 1.84 bits per heavy atom. The summed E-state index contributed by atoms with van der Waals surface area (Å²) in [6.45, 7) is 0.148. The summed E-state index contributed by atoms with van der Waals surface area (Å²) in [7, 11) is 0. The number of amides is 1. The Morgan fingerprint density at radius 3 is 2.69 bits per heavy atom. The highest BCUT2D eigenvalue weighted by molar-refractivity contribution is 5.99. The fourth-order valence-corrected chi connectivity index (χ4v) is 3.68. The van der Waals surface area contributed by atoms with Crippen molar-refractivity contribution in [3.8, 4) is 22.8 Å². The summed E-state index contributed by atoms with van der Waals surface area (Å²) in [5.41, 5.74) is 1.12. The van der Waals surface area contributed by atoms with Crippen LogP contribution in [0.4, 0.5) is 18.9 Å². The molecule has 0 unspecified atom stereocenters. The van der Waals surface area contributed by atoms with E-state index in [1.54, 1.807) is 36.4 Å². The van der Waals surface area contributed by atoms with Gasteiger partial charge in [-0.25, -0.2) is 0 Å². The predicted octanol–water partition coefficient (Wildman–Crippen LogP) is 5.16. The number of carbonyl (C=O) groups is 1. The number of fused-ring (bicyclic) bond motifs is 2. The van der Waals surface area contributed by atoms with E-state index in [1.165, 1.54) is 18.2 Å². The Balaban J connectivity index is 1.41. The molecule has 0 fully saturated rings. The van der Waals surface area contributed by atoms with Gasteiger partial charge in [-0.3, -0.25) is 9.89 Å².